The van der Waals surface area contributed by atoms with Crippen LogP contribution in [0, 0.1) is 12.8 Å². The van der Waals surface area contributed by atoms with Crippen LogP contribution in [0.2, 0.25) is 0 Å². The first-order valence-electron chi connectivity index (χ1n) is 6.72. The van der Waals surface area contributed by atoms with E-state index in [0.717, 1.165) is 18.2 Å². The summed E-state index contributed by atoms with van der Waals surface area (Å²) in [5.41, 5.74) is 1.16. The fraction of sp³-hybridized carbons (Fsp3) is 0.769. The molecule has 1 aliphatic heterocycles. The lowest BCUT2D eigenvalue weighted by Gasteiger charge is -2.25. The fourth-order valence-electron chi connectivity index (χ4n) is 2.51. The normalized spacial score (nSPS) is 24.2. The van der Waals surface area contributed by atoms with Crippen molar-refractivity contribution < 1.29 is 0 Å². The number of hydrogen-bond donors (Lipinski definition) is 1. The van der Waals surface area contributed by atoms with E-state index in [1.165, 1.54) is 43.9 Å². The molecule has 0 amide bonds. The average molecular weight is 251 g/mol. The van der Waals surface area contributed by atoms with E-state index in [1.54, 1.807) is 11.3 Å². The van der Waals surface area contributed by atoms with E-state index in [0.29, 0.717) is 6.04 Å². The van der Waals surface area contributed by atoms with Crippen molar-refractivity contribution in [1.82, 2.24) is 10.3 Å². The standard InChI is InChI=1S/C13H21N3S/c1-10-9-17-13(15-10)16(7-11-4-5-11)8-12-3-2-6-14-12/h9,11-12,14H,2-8H2,1H3. The summed E-state index contributed by atoms with van der Waals surface area (Å²) in [6.45, 7) is 5.64. The maximum Gasteiger partial charge on any atom is 0.185 e. The van der Waals surface area contributed by atoms with Crippen LogP contribution in [0.5, 0.6) is 0 Å². The molecule has 1 aliphatic carbocycles. The van der Waals surface area contributed by atoms with Gasteiger partial charge in [-0.2, -0.15) is 0 Å². The monoisotopic (exact) mass is 251 g/mol. The van der Waals surface area contributed by atoms with Gasteiger partial charge < -0.3 is 10.2 Å². The van der Waals surface area contributed by atoms with Crippen molar-refractivity contribution in [3.05, 3.63) is 11.1 Å². The molecule has 0 radical (unpaired) electrons. The van der Waals surface area contributed by atoms with E-state index in [9.17, 15) is 0 Å². The number of anilines is 1. The second-order valence-corrected chi connectivity index (χ2v) is 6.25. The summed E-state index contributed by atoms with van der Waals surface area (Å²) in [6.07, 6.45) is 5.49. The maximum absolute atomic E-state index is 4.65. The first kappa shape index (κ1) is 11.5. The number of thiazole rings is 1. The SMILES string of the molecule is Cc1csc(N(CC2CC2)CC2CCCN2)n1. The molecule has 0 spiro atoms. The minimum Gasteiger partial charge on any atom is -0.346 e. The van der Waals surface area contributed by atoms with Crippen LogP contribution in [-0.2, 0) is 0 Å². The molecule has 2 heterocycles. The molecule has 4 heteroatoms. The zero-order valence-electron chi connectivity index (χ0n) is 10.5. The molecule has 2 aliphatic rings. The molecule has 1 saturated heterocycles. The Kier molecular flexibility index (Phi) is 3.34. The van der Waals surface area contributed by atoms with Crippen LogP contribution in [0.15, 0.2) is 5.38 Å². The van der Waals surface area contributed by atoms with Gasteiger partial charge in [-0.3, -0.25) is 0 Å². The molecule has 0 aromatic carbocycles. The quantitative estimate of drug-likeness (QED) is 0.871. The molecule has 0 bridgehead atoms. The highest BCUT2D eigenvalue weighted by atomic mass is 32.1. The van der Waals surface area contributed by atoms with Gasteiger partial charge in [0.05, 0.1) is 5.69 Å². The minimum absolute atomic E-state index is 0.679. The Morgan fingerprint density at radius 3 is 2.88 bits per heavy atom. The number of nitrogens with zero attached hydrogens (tertiary/aromatic N) is 2. The lowest BCUT2D eigenvalue weighted by Crippen LogP contribution is -2.38. The molecule has 2 fully saturated rings. The van der Waals surface area contributed by atoms with Gasteiger partial charge in [-0.15, -0.1) is 11.3 Å². The summed E-state index contributed by atoms with van der Waals surface area (Å²) in [4.78, 5) is 7.16. The third-order valence-corrected chi connectivity index (χ3v) is 4.68. The van der Waals surface area contributed by atoms with Gasteiger partial charge in [0.1, 0.15) is 0 Å². The van der Waals surface area contributed by atoms with E-state index < -0.39 is 0 Å². The summed E-state index contributed by atoms with van der Waals surface area (Å²) in [5.74, 6) is 0.931. The van der Waals surface area contributed by atoms with Crippen molar-refractivity contribution in [2.45, 2.75) is 38.6 Å². The Morgan fingerprint density at radius 2 is 2.29 bits per heavy atom. The van der Waals surface area contributed by atoms with E-state index in [-0.39, 0.29) is 0 Å². The summed E-state index contributed by atoms with van der Waals surface area (Å²) in [6, 6.07) is 0.679. The van der Waals surface area contributed by atoms with E-state index in [2.05, 4.69) is 27.5 Å². The molecular weight excluding hydrogens is 230 g/mol. The topological polar surface area (TPSA) is 28.2 Å². The highest BCUT2D eigenvalue weighted by Gasteiger charge is 2.27. The Labute approximate surface area is 107 Å². The van der Waals surface area contributed by atoms with Crippen LogP contribution in [0.25, 0.3) is 0 Å². The molecule has 1 aromatic heterocycles. The minimum atomic E-state index is 0.679. The Bertz CT molecular complexity index is 366. The van der Waals surface area contributed by atoms with E-state index in [1.807, 2.05) is 0 Å². The van der Waals surface area contributed by atoms with Crippen LogP contribution in [-0.4, -0.2) is 30.7 Å². The molecule has 3 nitrogen and oxygen atoms in total. The third-order valence-electron chi connectivity index (χ3n) is 3.66. The zero-order valence-corrected chi connectivity index (χ0v) is 11.3. The van der Waals surface area contributed by atoms with Crippen molar-refractivity contribution in [3.63, 3.8) is 0 Å². The third kappa shape index (κ3) is 2.99. The van der Waals surface area contributed by atoms with E-state index in [4.69, 9.17) is 0 Å². The van der Waals surface area contributed by atoms with Gasteiger partial charge in [0.25, 0.3) is 0 Å². The largest absolute Gasteiger partial charge is 0.346 e. The molecule has 1 unspecified atom stereocenters. The van der Waals surface area contributed by atoms with Gasteiger partial charge in [0.2, 0.25) is 0 Å². The van der Waals surface area contributed by atoms with Gasteiger partial charge in [0, 0.05) is 24.5 Å². The molecule has 1 saturated carbocycles. The van der Waals surface area contributed by atoms with E-state index >= 15 is 0 Å². The van der Waals surface area contributed by atoms with Crippen LogP contribution >= 0.6 is 11.3 Å². The maximum atomic E-state index is 4.65. The van der Waals surface area contributed by atoms with Gasteiger partial charge in [0.15, 0.2) is 5.13 Å². The first-order chi connectivity index (χ1) is 8.31. The van der Waals surface area contributed by atoms with Crippen LogP contribution in [0.3, 0.4) is 0 Å². The van der Waals surface area contributed by atoms with Crippen molar-refractivity contribution in [1.29, 1.82) is 0 Å². The molecular formula is C13H21N3S. The Balaban J connectivity index is 1.66. The summed E-state index contributed by atoms with van der Waals surface area (Å²) in [7, 11) is 0. The molecule has 17 heavy (non-hydrogen) atoms. The van der Waals surface area contributed by atoms with Gasteiger partial charge in [-0.1, -0.05) is 0 Å². The van der Waals surface area contributed by atoms with Crippen molar-refractivity contribution >= 4 is 16.5 Å². The van der Waals surface area contributed by atoms with Gasteiger partial charge >= 0.3 is 0 Å². The molecule has 1 aromatic rings. The predicted molar refractivity (Wildman–Crippen MR) is 72.8 cm³/mol. The van der Waals surface area contributed by atoms with Crippen molar-refractivity contribution in [2.24, 2.45) is 5.92 Å². The van der Waals surface area contributed by atoms with Crippen LogP contribution in [0.1, 0.15) is 31.4 Å². The average Bonchev–Trinajstić information content (AvgIpc) is 2.79. The number of hydrogen-bond acceptors (Lipinski definition) is 4. The van der Waals surface area contributed by atoms with Crippen molar-refractivity contribution in [3.8, 4) is 0 Å². The second-order valence-electron chi connectivity index (χ2n) is 5.41. The van der Waals surface area contributed by atoms with Gasteiger partial charge in [-0.25, -0.2) is 4.98 Å². The smallest absolute Gasteiger partial charge is 0.185 e. The second kappa shape index (κ2) is 4.94. The Morgan fingerprint density at radius 1 is 1.41 bits per heavy atom. The number of aromatic nitrogens is 1. The number of nitrogens with one attached hydrogen (secondary N) is 1. The van der Waals surface area contributed by atoms with Crippen LogP contribution < -0.4 is 10.2 Å². The summed E-state index contributed by atoms with van der Waals surface area (Å²) < 4.78 is 0. The first-order valence-corrected chi connectivity index (χ1v) is 7.59. The fourth-order valence-corrected chi connectivity index (χ4v) is 3.33. The van der Waals surface area contributed by atoms with Gasteiger partial charge in [-0.05, 0) is 45.1 Å². The predicted octanol–water partition coefficient (Wildman–Crippen LogP) is 2.42. The summed E-state index contributed by atoms with van der Waals surface area (Å²) >= 11 is 1.80. The Hall–Kier alpha value is -0.610. The summed E-state index contributed by atoms with van der Waals surface area (Å²) in [5, 5.41) is 6.98. The highest BCUT2D eigenvalue weighted by Crippen LogP contribution is 2.32. The molecule has 1 N–H and O–H groups in total. The lowest BCUT2D eigenvalue weighted by molar-refractivity contribution is 0.569. The van der Waals surface area contributed by atoms with Crippen LogP contribution in [0.4, 0.5) is 5.13 Å². The number of aryl methyl sites for hydroxylation is 1. The zero-order chi connectivity index (χ0) is 11.7. The molecule has 1 atom stereocenters. The molecule has 94 valence electrons. The molecule has 3 rings (SSSR count). The lowest BCUT2D eigenvalue weighted by atomic mass is 10.2. The number of rotatable bonds is 5. The highest BCUT2D eigenvalue weighted by molar-refractivity contribution is 7.13. The van der Waals surface area contributed by atoms with Crippen molar-refractivity contribution in [2.75, 3.05) is 24.5 Å².